The summed E-state index contributed by atoms with van der Waals surface area (Å²) in [6.07, 6.45) is 2.19. The minimum atomic E-state index is 0. The Balaban J connectivity index is 0. The number of thioether (sulfide) groups is 1. The predicted molar refractivity (Wildman–Crippen MR) is 99.1 cm³/mol. The van der Waals surface area contributed by atoms with E-state index in [9.17, 15) is 0 Å². The third-order valence-corrected chi connectivity index (χ3v) is 4.13. The Morgan fingerprint density at radius 2 is 1.70 bits per heavy atom. The minimum Gasteiger partial charge on any atom is -0.399 e. The summed E-state index contributed by atoms with van der Waals surface area (Å²) in [5.74, 6) is 2.56. The van der Waals surface area contributed by atoms with E-state index in [4.69, 9.17) is 11.5 Å². The van der Waals surface area contributed by atoms with Crippen LogP contribution in [0.25, 0.3) is 0 Å². The fourth-order valence-corrected chi connectivity index (χ4v) is 3.14. The summed E-state index contributed by atoms with van der Waals surface area (Å²) in [6.45, 7) is 3.64. The third kappa shape index (κ3) is 7.14. The van der Waals surface area contributed by atoms with Gasteiger partial charge in [0, 0.05) is 36.0 Å². The van der Waals surface area contributed by atoms with Gasteiger partial charge < -0.3 is 16.4 Å². The molecule has 0 radical (unpaired) electrons. The smallest absolute Gasteiger partial charge is 0.0348 e. The van der Waals surface area contributed by atoms with Crippen molar-refractivity contribution in [2.24, 2.45) is 0 Å². The lowest BCUT2D eigenvalue weighted by atomic mass is 10.1. The molecule has 0 amide bonds. The average Bonchev–Trinajstić information content (AvgIpc) is 2.35. The van der Waals surface area contributed by atoms with E-state index in [1.54, 1.807) is 0 Å². The number of nitrogens with zero attached hydrogens (tertiary/aromatic N) is 1. The van der Waals surface area contributed by atoms with E-state index in [0.717, 1.165) is 17.8 Å². The van der Waals surface area contributed by atoms with Crippen molar-refractivity contribution in [3.05, 3.63) is 23.8 Å². The molecule has 0 bridgehead atoms. The minimum absolute atomic E-state index is 0. The molecule has 118 valence electrons. The van der Waals surface area contributed by atoms with E-state index in [2.05, 4.69) is 16.7 Å². The predicted octanol–water partition coefficient (Wildman–Crippen LogP) is 3.10. The van der Waals surface area contributed by atoms with E-state index in [1.807, 2.05) is 18.2 Å². The summed E-state index contributed by atoms with van der Waals surface area (Å²) >= 11 is 2.05. The molecule has 1 saturated heterocycles. The zero-order chi connectivity index (χ0) is 12.1. The molecule has 3 nitrogen and oxygen atoms in total. The Bertz CT molecular complexity index is 374. The van der Waals surface area contributed by atoms with Crippen LogP contribution in [0.1, 0.15) is 12.0 Å². The van der Waals surface area contributed by atoms with Gasteiger partial charge in [0.15, 0.2) is 0 Å². The SMILES string of the molecule is Cl.Cl.Cl.Nc1ccc(N)c(CCCN2CCSCC2)c1. The first-order valence-electron chi connectivity index (χ1n) is 6.19. The number of nitrogens with two attached hydrogens (primary N) is 2. The van der Waals surface area contributed by atoms with Crippen LogP contribution in [0.5, 0.6) is 0 Å². The Hall–Kier alpha value is -0.000000000000000139. The van der Waals surface area contributed by atoms with Crippen LogP contribution < -0.4 is 11.5 Å². The van der Waals surface area contributed by atoms with Crippen molar-refractivity contribution < 1.29 is 0 Å². The zero-order valence-corrected chi connectivity index (χ0v) is 14.7. The summed E-state index contributed by atoms with van der Waals surface area (Å²) in [6, 6.07) is 5.77. The lowest BCUT2D eigenvalue weighted by Gasteiger charge is -2.26. The molecular formula is C13H24Cl3N3S. The van der Waals surface area contributed by atoms with Crippen LogP contribution in [0.4, 0.5) is 11.4 Å². The second kappa shape index (κ2) is 11.6. The maximum atomic E-state index is 5.94. The van der Waals surface area contributed by atoms with Crippen LogP contribution in [0.15, 0.2) is 18.2 Å². The van der Waals surface area contributed by atoms with Gasteiger partial charge in [0.1, 0.15) is 0 Å². The Kier molecular flexibility index (Phi) is 13.0. The van der Waals surface area contributed by atoms with E-state index < -0.39 is 0 Å². The van der Waals surface area contributed by atoms with Crippen molar-refractivity contribution in [3.8, 4) is 0 Å². The third-order valence-electron chi connectivity index (χ3n) is 3.19. The Morgan fingerprint density at radius 3 is 2.35 bits per heavy atom. The monoisotopic (exact) mass is 359 g/mol. The van der Waals surface area contributed by atoms with E-state index in [1.165, 1.54) is 43.1 Å². The van der Waals surface area contributed by atoms with Gasteiger partial charge in [-0.2, -0.15) is 11.8 Å². The van der Waals surface area contributed by atoms with Gasteiger partial charge in [-0.15, -0.1) is 37.2 Å². The highest BCUT2D eigenvalue weighted by atomic mass is 35.5. The van der Waals surface area contributed by atoms with Gasteiger partial charge in [-0.1, -0.05) is 0 Å². The van der Waals surface area contributed by atoms with Crippen LogP contribution in [0.3, 0.4) is 0 Å². The van der Waals surface area contributed by atoms with E-state index >= 15 is 0 Å². The fourth-order valence-electron chi connectivity index (χ4n) is 2.16. The lowest BCUT2D eigenvalue weighted by Crippen LogP contribution is -2.33. The van der Waals surface area contributed by atoms with Gasteiger partial charge in [0.2, 0.25) is 0 Å². The number of halogens is 3. The number of hydrogen-bond acceptors (Lipinski definition) is 4. The van der Waals surface area contributed by atoms with Crippen LogP contribution in [0.2, 0.25) is 0 Å². The standard InChI is InChI=1S/C13H21N3S.3ClH/c14-12-3-4-13(15)11(10-12)2-1-5-16-6-8-17-9-7-16;;;/h3-4,10H,1-2,5-9,14-15H2;3*1H. The van der Waals surface area contributed by atoms with Crippen molar-refractivity contribution in [3.63, 3.8) is 0 Å². The Labute approximate surface area is 144 Å². The van der Waals surface area contributed by atoms with Gasteiger partial charge in [-0.05, 0) is 43.1 Å². The highest BCUT2D eigenvalue weighted by Gasteiger charge is 2.09. The van der Waals surface area contributed by atoms with Crippen molar-refractivity contribution in [1.29, 1.82) is 0 Å². The van der Waals surface area contributed by atoms with Gasteiger partial charge >= 0.3 is 0 Å². The summed E-state index contributed by atoms with van der Waals surface area (Å²) in [4.78, 5) is 2.54. The number of rotatable bonds is 4. The number of aryl methyl sites for hydroxylation is 1. The summed E-state index contributed by atoms with van der Waals surface area (Å²) in [5, 5.41) is 0. The van der Waals surface area contributed by atoms with Gasteiger partial charge in [-0.25, -0.2) is 0 Å². The second-order valence-corrected chi connectivity index (χ2v) is 5.74. The maximum absolute atomic E-state index is 5.94. The van der Waals surface area contributed by atoms with E-state index in [0.29, 0.717) is 0 Å². The highest BCUT2D eigenvalue weighted by Crippen LogP contribution is 2.18. The van der Waals surface area contributed by atoms with E-state index in [-0.39, 0.29) is 37.2 Å². The number of anilines is 2. The molecule has 1 aromatic rings. The number of hydrogen-bond donors (Lipinski definition) is 2. The zero-order valence-electron chi connectivity index (χ0n) is 11.4. The summed E-state index contributed by atoms with van der Waals surface area (Å²) < 4.78 is 0. The number of nitrogen functional groups attached to an aromatic ring is 2. The van der Waals surface area contributed by atoms with Crippen LogP contribution >= 0.6 is 49.0 Å². The summed E-state index contributed by atoms with van der Waals surface area (Å²) in [5.41, 5.74) is 14.6. The van der Waals surface area contributed by atoms with Gasteiger partial charge in [0.05, 0.1) is 0 Å². The molecule has 0 atom stereocenters. The largest absolute Gasteiger partial charge is 0.399 e. The van der Waals surface area contributed by atoms with Crippen LogP contribution in [-0.4, -0.2) is 36.0 Å². The molecule has 0 unspecified atom stereocenters. The molecule has 0 aliphatic carbocycles. The molecule has 2 rings (SSSR count). The first kappa shape index (κ1) is 22.3. The van der Waals surface area contributed by atoms with Crippen LogP contribution in [0, 0.1) is 0 Å². The normalized spacial score (nSPS) is 14.6. The fraction of sp³-hybridized carbons (Fsp3) is 0.538. The van der Waals surface area contributed by atoms with Crippen molar-refractivity contribution in [2.45, 2.75) is 12.8 Å². The molecule has 1 aromatic carbocycles. The topological polar surface area (TPSA) is 55.3 Å². The number of benzene rings is 1. The summed E-state index contributed by atoms with van der Waals surface area (Å²) in [7, 11) is 0. The molecule has 20 heavy (non-hydrogen) atoms. The average molecular weight is 361 g/mol. The van der Waals surface area contributed by atoms with Gasteiger partial charge in [-0.3, -0.25) is 0 Å². The molecule has 0 spiro atoms. The first-order chi connectivity index (χ1) is 8.25. The lowest BCUT2D eigenvalue weighted by molar-refractivity contribution is 0.299. The molecule has 4 N–H and O–H groups in total. The molecule has 0 saturated carbocycles. The second-order valence-electron chi connectivity index (χ2n) is 4.52. The quantitative estimate of drug-likeness (QED) is 0.810. The molecule has 1 aliphatic heterocycles. The maximum Gasteiger partial charge on any atom is 0.0348 e. The van der Waals surface area contributed by atoms with Crippen molar-refractivity contribution >= 4 is 60.4 Å². The first-order valence-corrected chi connectivity index (χ1v) is 7.35. The van der Waals surface area contributed by atoms with Crippen LogP contribution in [-0.2, 0) is 6.42 Å². The van der Waals surface area contributed by atoms with Crippen molar-refractivity contribution in [1.82, 2.24) is 4.90 Å². The molecule has 1 aliphatic rings. The highest BCUT2D eigenvalue weighted by molar-refractivity contribution is 7.99. The molecular weight excluding hydrogens is 337 g/mol. The molecule has 1 heterocycles. The van der Waals surface area contributed by atoms with Gasteiger partial charge in [0.25, 0.3) is 0 Å². The van der Waals surface area contributed by atoms with Crippen molar-refractivity contribution in [2.75, 3.05) is 42.6 Å². The molecule has 1 fully saturated rings. The Morgan fingerprint density at radius 1 is 1.05 bits per heavy atom. The molecule has 7 heteroatoms. The molecule has 0 aromatic heterocycles.